The highest BCUT2D eigenvalue weighted by Gasteiger charge is 2.49. The molecule has 3 N–H and O–H groups in total. The highest BCUT2D eigenvalue weighted by molar-refractivity contribution is 6.33. The maximum atomic E-state index is 13.0. The lowest BCUT2D eigenvalue weighted by Gasteiger charge is -2.40. The van der Waals surface area contributed by atoms with Crippen LogP contribution in [0.3, 0.4) is 0 Å². The number of aliphatic hydroxyl groups excluding tert-OH is 1. The van der Waals surface area contributed by atoms with E-state index in [0.717, 1.165) is 62.2 Å². The average molecular weight is 433 g/mol. The molecule has 4 atom stereocenters. The van der Waals surface area contributed by atoms with E-state index in [0.29, 0.717) is 16.0 Å². The molecule has 3 bridgehead atoms. The second-order valence-corrected chi connectivity index (χ2v) is 10.5. The van der Waals surface area contributed by atoms with E-state index in [9.17, 15) is 4.79 Å². The molecule has 0 heterocycles. The Morgan fingerprint density at radius 3 is 2.90 bits per heavy atom. The number of unbranched alkanes of at least 4 members (excludes halogenated alkanes) is 2. The molecule has 3 fully saturated rings. The average Bonchev–Trinajstić information content (AvgIpc) is 2.96. The zero-order chi connectivity index (χ0) is 21.0. The van der Waals surface area contributed by atoms with Gasteiger partial charge in [-0.15, -0.1) is 0 Å². The Labute approximate surface area is 186 Å². The summed E-state index contributed by atoms with van der Waals surface area (Å²) < 4.78 is 0. The summed E-state index contributed by atoms with van der Waals surface area (Å²) >= 11 is 6.39. The van der Waals surface area contributed by atoms with E-state index in [1.807, 2.05) is 18.2 Å². The first-order valence-corrected chi connectivity index (χ1v) is 12.3. The third-order valence-corrected chi connectivity index (χ3v) is 8.21. The quantitative estimate of drug-likeness (QED) is 0.459. The fourth-order valence-electron chi connectivity index (χ4n) is 6.53. The zero-order valence-electron chi connectivity index (χ0n) is 18.1. The first-order chi connectivity index (χ1) is 14.6. The van der Waals surface area contributed by atoms with Crippen molar-refractivity contribution in [3.05, 3.63) is 34.3 Å². The topological polar surface area (TPSA) is 61.4 Å². The summed E-state index contributed by atoms with van der Waals surface area (Å²) in [5.74, 6) is 2.72. The van der Waals surface area contributed by atoms with Gasteiger partial charge in [0.1, 0.15) is 0 Å². The normalized spacial score (nSPS) is 29.7. The Balaban J connectivity index is 1.32. The Bertz CT molecular complexity index is 740. The largest absolute Gasteiger partial charge is 0.396 e. The summed E-state index contributed by atoms with van der Waals surface area (Å²) in [5, 5.41) is 16.1. The summed E-state index contributed by atoms with van der Waals surface area (Å²) in [7, 11) is 0. The maximum absolute atomic E-state index is 13.0. The predicted molar refractivity (Wildman–Crippen MR) is 122 cm³/mol. The molecule has 0 aliphatic heterocycles. The summed E-state index contributed by atoms with van der Waals surface area (Å²) in [6.07, 6.45) is 12.4. The number of benzene rings is 1. The molecule has 1 aromatic rings. The van der Waals surface area contributed by atoms with Crippen LogP contribution in [0.5, 0.6) is 0 Å². The zero-order valence-corrected chi connectivity index (χ0v) is 18.9. The standard InChI is InChI=1S/C25H37ClN2O2/c26-23-7-6-18(16-27-9-2-1-3-10-29)13-22(23)24(30)28-17-25-8-4-5-20-11-19(14-25)12-21(20)15-25/h6-7,13,19-21,27,29H,1-5,8-12,14-17H2,(H,28,30)/t19?,20?,21-,25?/m1/s1. The monoisotopic (exact) mass is 432 g/mol. The molecule has 0 radical (unpaired) electrons. The fourth-order valence-corrected chi connectivity index (χ4v) is 6.73. The first kappa shape index (κ1) is 22.1. The van der Waals surface area contributed by atoms with E-state index < -0.39 is 0 Å². The third kappa shape index (κ3) is 5.20. The molecular formula is C25H37ClN2O2. The summed E-state index contributed by atoms with van der Waals surface area (Å²) in [6.45, 7) is 2.70. The van der Waals surface area contributed by atoms with Crippen molar-refractivity contribution >= 4 is 17.5 Å². The lowest BCUT2D eigenvalue weighted by molar-refractivity contribution is 0.0854. The molecule has 0 spiro atoms. The molecule has 3 unspecified atom stereocenters. The van der Waals surface area contributed by atoms with Crippen LogP contribution in [0.15, 0.2) is 18.2 Å². The summed E-state index contributed by atoms with van der Waals surface area (Å²) in [5.41, 5.74) is 1.99. The number of nitrogens with one attached hydrogen (secondary N) is 2. The van der Waals surface area contributed by atoms with Gasteiger partial charge < -0.3 is 15.7 Å². The Morgan fingerprint density at radius 1 is 1.17 bits per heavy atom. The van der Waals surface area contributed by atoms with Gasteiger partial charge in [-0.25, -0.2) is 0 Å². The Morgan fingerprint density at radius 2 is 2.03 bits per heavy atom. The molecule has 3 aliphatic rings. The highest BCUT2D eigenvalue weighted by Crippen LogP contribution is 2.58. The highest BCUT2D eigenvalue weighted by atomic mass is 35.5. The summed E-state index contributed by atoms with van der Waals surface area (Å²) in [4.78, 5) is 13.0. The van der Waals surface area contributed by atoms with Crippen LogP contribution < -0.4 is 10.6 Å². The number of hydrogen-bond acceptors (Lipinski definition) is 3. The Hall–Kier alpha value is -1.10. The van der Waals surface area contributed by atoms with Crippen LogP contribution in [-0.2, 0) is 6.54 Å². The number of rotatable bonds is 10. The minimum absolute atomic E-state index is 0.0297. The number of hydrogen-bond donors (Lipinski definition) is 3. The smallest absolute Gasteiger partial charge is 0.252 e. The minimum Gasteiger partial charge on any atom is -0.396 e. The number of halogens is 1. The van der Waals surface area contributed by atoms with Gasteiger partial charge in [0.2, 0.25) is 0 Å². The van der Waals surface area contributed by atoms with Crippen molar-refractivity contribution in [3.63, 3.8) is 0 Å². The maximum Gasteiger partial charge on any atom is 0.252 e. The van der Waals surface area contributed by atoms with Crippen LogP contribution in [-0.4, -0.2) is 30.7 Å². The van der Waals surface area contributed by atoms with E-state index >= 15 is 0 Å². The van der Waals surface area contributed by atoms with Gasteiger partial charge in [0.05, 0.1) is 10.6 Å². The molecule has 0 saturated heterocycles. The van der Waals surface area contributed by atoms with Crippen LogP contribution >= 0.6 is 11.6 Å². The molecule has 4 rings (SSSR count). The van der Waals surface area contributed by atoms with Gasteiger partial charge in [0, 0.05) is 19.7 Å². The lowest BCUT2D eigenvalue weighted by atomic mass is 9.67. The van der Waals surface area contributed by atoms with E-state index in [1.165, 1.54) is 44.9 Å². The van der Waals surface area contributed by atoms with Crippen LogP contribution in [0.1, 0.15) is 80.1 Å². The summed E-state index contributed by atoms with van der Waals surface area (Å²) in [6, 6.07) is 5.77. The van der Waals surface area contributed by atoms with Crippen molar-refractivity contribution in [2.24, 2.45) is 23.2 Å². The second kappa shape index (κ2) is 10.0. The minimum atomic E-state index is -0.0297. The van der Waals surface area contributed by atoms with Crippen LogP contribution in [0.2, 0.25) is 5.02 Å². The fraction of sp³-hybridized carbons (Fsp3) is 0.720. The Kier molecular flexibility index (Phi) is 7.38. The van der Waals surface area contributed by atoms with Gasteiger partial charge in [0.15, 0.2) is 0 Å². The van der Waals surface area contributed by atoms with Crippen LogP contribution in [0.25, 0.3) is 0 Å². The number of carbonyl (C=O) groups is 1. The van der Waals surface area contributed by atoms with Crippen molar-refractivity contribution in [2.75, 3.05) is 19.7 Å². The lowest BCUT2D eigenvalue weighted by Crippen LogP contribution is -2.41. The molecule has 4 nitrogen and oxygen atoms in total. The van der Waals surface area contributed by atoms with Crippen molar-refractivity contribution < 1.29 is 9.90 Å². The van der Waals surface area contributed by atoms with E-state index in [2.05, 4.69) is 10.6 Å². The van der Waals surface area contributed by atoms with Gasteiger partial charge in [-0.1, -0.05) is 30.5 Å². The molecule has 166 valence electrons. The molecule has 3 saturated carbocycles. The van der Waals surface area contributed by atoms with Gasteiger partial charge in [0.25, 0.3) is 5.91 Å². The van der Waals surface area contributed by atoms with E-state index in [-0.39, 0.29) is 12.5 Å². The SMILES string of the molecule is O=C(NCC12CCCC3CC(C[C@@H]3C1)C2)c1cc(CNCCCCCO)ccc1Cl. The van der Waals surface area contributed by atoms with Crippen molar-refractivity contribution in [2.45, 2.75) is 70.8 Å². The van der Waals surface area contributed by atoms with Gasteiger partial charge >= 0.3 is 0 Å². The first-order valence-electron chi connectivity index (χ1n) is 12.0. The third-order valence-electron chi connectivity index (χ3n) is 7.88. The van der Waals surface area contributed by atoms with Gasteiger partial charge in [-0.05, 0) is 98.8 Å². The van der Waals surface area contributed by atoms with Gasteiger partial charge in [-0.2, -0.15) is 0 Å². The van der Waals surface area contributed by atoms with E-state index in [4.69, 9.17) is 16.7 Å². The number of amides is 1. The number of aliphatic hydroxyl groups is 1. The molecule has 3 aliphatic carbocycles. The second-order valence-electron chi connectivity index (χ2n) is 10.1. The molecule has 1 amide bonds. The van der Waals surface area contributed by atoms with Crippen molar-refractivity contribution in [1.29, 1.82) is 0 Å². The van der Waals surface area contributed by atoms with Crippen LogP contribution in [0.4, 0.5) is 0 Å². The van der Waals surface area contributed by atoms with Crippen molar-refractivity contribution in [3.8, 4) is 0 Å². The van der Waals surface area contributed by atoms with Crippen LogP contribution in [0, 0.1) is 23.2 Å². The predicted octanol–water partition coefficient (Wildman–Crippen LogP) is 4.93. The van der Waals surface area contributed by atoms with E-state index in [1.54, 1.807) is 0 Å². The molecule has 0 aromatic heterocycles. The molecule has 5 heteroatoms. The molecule has 30 heavy (non-hydrogen) atoms. The molecular weight excluding hydrogens is 396 g/mol. The number of fused-ring (bicyclic) bond motifs is 2. The van der Waals surface area contributed by atoms with Gasteiger partial charge in [-0.3, -0.25) is 4.79 Å². The van der Waals surface area contributed by atoms with Crippen molar-refractivity contribution in [1.82, 2.24) is 10.6 Å². The molecule has 1 aromatic carbocycles. The number of carbonyl (C=O) groups excluding carboxylic acids is 1.